The Hall–Kier alpha value is -0.570. The first-order chi connectivity index (χ1) is 5.36. The Kier molecular flexibility index (Phi) is 3.36. The zero-order valence-electron chi connectivity index (χ0n) is 6.79. The van der Waals surface area contributed by atoms with Crippen LogP contribution in [0.4, 0.5) is 0 Å². The van der Waals surface area contributed by atoms with E-state index in [2.05, 4.69) is 6.92 Å². The number of hydrogen-bond acceptors (Lipinski definition) is 3. The van der Waals surface area contributed by atoms with E-state index in [1.54, 1.807) is 0 Å². The van der Waals surface area contributed by atoms with Gasteiger partial charge in [0.25, 0.3) is 6.47 Å². The molecule has 64 valence electrons. The Labute approximate surface area is 66.7 Å². The van der Waals surface area contributed by atoms with Crippen molar-refractivity contribution in [1.82, 2.24) is 0 Å². The number of carbonyl (C=O) groups is 1. The molecule has 1 rings (SSSR count). The first-order valence-electron chi connectivity index (χ1n) is 4.07. The third-order valence-electron chi connectivity index (χ3n) is 2.02. The van der Waals surface area contributed by atoms with Gasteiger partial charge < -0.3 is 9.47 Å². The summed E-state index contributed by atoms with van der Waals surface area (Å²) in [6.45, 7) is 3.33. The van der Waals surface area contributed by atoms with Crippen LogP contribution in [0, 0.1) is 0 Å². The monoisotopic (exact) mass is 158 g/mol. The van der Waals surface area contributed by atoms with Crippen molar-refractivity contribution in [2.24, 2.45) is 0 Å². The summed E-state index contributed by atoms with van der Waals surface area (Å²) in [6, 6.07) is 0. The third-order valence-corrected chi connectivity index (χ3v) is 2.02. The van der Waals surface area contributed by atoms with Crippen LogP contribution in [0.2, 0.25) is 0 Å². The molecule has 0 aromatic rings. The molecule has 3 nitrogen and oxygen atoms in total. The molecule has 1 heterocycles. The molecule has 0 aromatic heterocycles. The van der Waals surface area contributed by atoms with Gasteiger partial charge in [0.05, 0.1) is 12.7 Å². The van der Waals surface area contributed by atoms with Crippen molar-refractivity contribution in [2.45, 2.75) is 38.4 Å². The van der Waals surface area contributed by atoms with Crippen molar-refractivity contribution >= 4 is 6.47 Å². The average molecular weight is 158 g/mol. The van der Waals surface area contributed by atoms with Gasteiger partial charge in [0.1, 0.15) is 6.10 Å². The minimum Gasteiger partial charge on any atom is -0.464 e. The summed E-state index contributed by atoms with van der Waals surface area (Å²) in [6.07, 6.45) is 3.07. The van der Waals surface area contributed by atoms with Crippen molar-refractivity contribution < 1.29 is 14.3 Å². The van der Waals surface area contributed by atoms with Crippen molar-refractivity contribution in [3.63, 3.8) is 0 Å². The van der Waals surface area contributed by atoms with E-state index < -0.39 is 0 Å². The molecule has 2 atom stereocenters. The average Bonchev–Trinajstić information content (AvgIpc) is 2.06. The molecule has 1 saturated heterocycles. The Morgan fingerprint density at radius 3 is 3.18 bits per heavy atom. The molecule has 0 amide bonds. The minimum atomic E-state index is 0.0891. The number of hydrogen-bond donors (Lipinski definition) is 0. The zero-order chi connectivity index (χ0) is 8.10. The third kappa shape index (κ3) is 2.50. The van der Waals surface area contributed by atoms with Gasteiger partial charge in [-0.15, -0.1) is 0 Å². The highest BCUT2D eigenvalue weighted by Crippen LogP contribution is 2.17. The fourth-order valence-corrected chi connectivity index (χ4v) is 1.33. The van der Waals surface area contributed by atoms with Crippen LogP contribution >= 0.6 is 0 Å². The summed E-state index contributed by atoms with van der Waals surface area (Å²) in [7, 11) is 0. The van der Waals surface area contributed by atoms with E-state index in [1.807, 2.05) is 0 Å². The molecule has 0 bridgehead atoms. The van der Waals surface area contributed by atoms with E-state index >= 15 is 0 Å². The quantitative estimate of drug-likeness (QED) is 0.577. The topological polar surface area (TPSA) is 35.5 Å². The fourth-order valence-electron chi connectivity index (χ4n) is 1.33. The predicted octanol–water partition coefficient (Wildman–Crippen LogP) is 1.12. The van der Waals surface area contributed by atoms with Crippen LogP contribution in [-0.2, 0) is 14.3 Å². The van der Waals surface area contributed by atoms with Gasteiger partial charge in [-0.2, -0.15) is 0 Å². The Morgan fingerprint density at radius 1 is 1.73 bits per heavy atom. The molecular weight excluding hydrogens is 144 g/mol. The van der Waals surface area contributed by atoms with Crippen LogP contribution in [0.1, 0.15) is 26.2 Å². The Bertz CT molecular complexity index is 125. The second-order valence-electron chi connectivity index (χ2n) is 2.78. The lowest BCUT2D eigenvalue weighted by molar-refractivity contribution is -0.140. The van der Waals surface area contributed by atoms with E-state index in [0.29, 0.717) is 6.47 Å². The standard InChI is InChI=1S/C8H14O3/c1-2-7-5-8(11-6-9)3-4-10-7/h6-8H,2-5H2,1H3. The number of carbonyl (C=O) groups excluding carboxylic acids is 1. The lowest BCUT2D eigenvalue weighted by atomic mass is 10.0. The molecular formula is C8H14O3. The molecule has 0 spiro atoms. The molecule has 1 fully saturated rings. The van der Waals surface area contributed by atoms with E-state index in [4.69, 9.17) is 9.47 Å². The van der Waals surface area contributed by atoms with Gasteiger partial charge in [0.15, 0.2) is 0 Å². The molecule has 3 heteroatoms. The second kappa shape index (κ2) is 4.34. The van der Waals surface area contributed by atoms with Crippen LogP contribution in [0.25, 0.3) is 0 Å². The second-order valence-corrected chi connectivity index (χ2v) is 2.78. The SMILES string of the molecule is CCC1CC(OC=O)CCO1. The van der Waals surface area contributed by atoms with Gasteiger partial charge in [-0.05, 0) is 6.42 Å². The smallest absolute Gasteiger partial charge is 0.293 e. The van der Waals surface area contributed by atoms with Gasteiger partial charge in [0, 0.05) is 12.8 Å². The maximum atomic E-state index is 10.0. The summed E-state index contributed by atoms with van der Waals surface area (Å²) >= 11 is 0. The van der Waals surface area contributed by atoms with Crippen LogP contribution < -0.4 is 0 Å². The van der Waals surface area contributed by atoms with Crippen LogP contribution in [-0.4, -0.2) is 25.3 Å². The Morgan fingerprint density at radius 2 is 2.55 bits per heavy atom. The lowest BCUT2D eigenvalue weighted by Crippen LogP contribution is -2.30. The van der Waals surface area contributed by atoms with Gasteiger partial charge in [-0.3, -0.25) is 4.79 Å². The zero-order valence-corrected chi connectivity index (χ0v) is 6.79. The van der Waals surface area contributed by atoms with Crippen LogP contribution in [0.5, 0.6) is 0 Å². The largest absolute Gasteiger partial charge is 0.464 e. The Balaban J connectivity index is 2.27. The lowest BCUT2D eigenvalue weighted by Gasteiger charge is -2.27. The molecule has 0 saturated carbocycles. The van der Waals surface area contributed by atoms with Gasteiger partial charge in [-0.25, -0.2) is 0 Å². The molecule has 11 heavy (non-hydrogen) atoms. The van der Waals surface area contributed by atoms with Crippen LogP contribution in [0.3, 0.4) is 0 Å². The summed E-state index contributed by atoms with van der Waals surface area (Å²) in [5.74, 6) is 0. The summed E-state index contributed by atoms with van der Waals surface area (Å²) in [5.41, 5.74) is 0. The summed E-state index contributed by atoms with van der Waals surface area (Å²) in [4.78, 5) is 10.0. The highest BCUT2D eigenvalue weighted by molar-refractivity contribution is 5.37. The first-order valence-corrected chi connectivity index (χ1v) is 4.07. The molecule has 0 aliphatic carbocycles. The van der Waals surface area contributed by atoms with Gasteiger partial charge in [0.2, 0.25) is 0 Å². The number of ether oxygens (including phenoxy) is 2. The fraction of sp³-hybridized carbons (Fsp3) is 0.875. The highest BCUT2D eigenvalue weighted by Gasteiger charge is 2.21. The van der Waals surface area contributed by atoms with E-state index in [0.717, 1.165) is 25.9 Å². The van der Waals surface area contributed by atoms with Gasteiger partial charge in [-0.1, -0.05) is 6.92 Å². The summed E-state index contributed by atoms with van der Waals surface area (Å²) in [5, 5.41) is 0. The van der Waals surface area contributed by atoms with Crippen molar-refractivity contribution in [1.29, 1.82) is 0 Å². The van der Waals surface area contributed by atoms with Crippen molar-refractivity contribution in [3.05, 3.63) is 0 Å². The predicted molar refractivity (Wildman–Crippen MR) is 40.2 cm³/mol. The van der Waals surface area contributed by atoms with Crippen LogP contribution in [0.15, 0.2) is 0 Å². The molecule has 0 radical (unpaired) electrons. The maximum Gasteiger partial charge on any atom is 0.293 e. The first kappa shape index (κ1) is 8.53. The molecule has 2 unspecified atom stereocenters. The molecule has 0 N–H and O–H groups in total. The number of rotatable bonds is 3. The normalized spacial score (nSPS) is 31.4. The van der Waals surface area contributed by atoms with Gasteiger partial charge >= 0.3 is 0 Å². The van der Waals surface area contributed by atoms with E-state index in [1.165, 1.54) is 0 Å². The van der Waals surface area contributed by atoms with Crippen molar-refractivity contribution in [3.8, 4) is 0 Å². The molecule has 0 aromatic carbocycles. The van der Waals surface area contributed by atoms with Crippen molar-refractivity contribution in [2.75, 3.05) is 6.61 Å². The highest BCUT2D eigenvalue weighted by atomic mass is 16.5. The van der Waals surface area contributed by atoms with E-state index in [9.17, 15) is 4.79 Å². The van der Waals surface area contributed by atoms with E-state index in [-0.39, 0.29) is 12.2 Å². The summed E-state index contributed by atoms with van der Waals surface area (Å²) < 4.78 is 10.3. The maximum absolute atomic E-state index is 10.0. The molecule has 1 aliphatic rings. The molecule has 1 aliphatic heterocycles. The minimum absolute atomic E-state index is 0.0891.